The van der Waals surface area contributed by atoms with Crippen LogP contribution in [-0.2, 0) is 0 Å². The highest BCUT2D eigenvalue weighted by Crippen LogP contribution is 2.15. The maximum absolute atomic E-state index is 12.0. The second-order valence-corrected chi connectivity index (χ2v) is 5.46. The fourth-order valence-electron chi connectivity index (χ4n) is 2.28. The minimum Gasteiger partial charge on any atom is -0.367 e. The molecular weight excluding hydrogens is 314 g/mol. The van der Waals surface area contributed by atoms with Crippen LogP contribution >= 0.6 is 11.6 Å². The lowest BCUT2D eigenvalue weighted by Gasteiger charge is -2.09. The molecule has 0 saturated carbocycles. The Bertz CT molecular complexity index is 845. The molecule has 0 spiro atoms. The number of carbonyl (C=O) groups is 1. The molecular formula is C16H16ClN5O. The van der Waals surface area contributed by atoms with E-state index in [1.54, 1.807) is 41.2 Å². The molecule has 7 heteroatoms. The van der Waals surface area contributed by atoms with Crippen LogP contribution in [0.5, 0.6) is 0 Å². The van der Waals surface area contributed by atoms with Gasteiger partial charge in [-0.25, -0.2) is 9.50 Å². The van der Waals surface area contributed by atoms with Crippen LogP contribution in [0.15, 0.2) is 42.7 Å². The molecule has 0 saturated heterocycles. The Labute approximate surface area is 138 Å². The summed E-state index contributed by atoms with van der Waals surface area (Å²) in [5.41, 5.74) is 2.30. The summed E-state index contributed by atoms with van der Waals surface area (Å²) in [6.45, 7) is 2.94. The van der Waals surface area contributed by atoms with Crippen molar-refractivity contribution >= 4 is 28.8 Å². The molecule has 0 unspecified atom stereocenters. The molecule has 0 atom stereocenters. The van der Waals surface area contributed by atoms with Crippen molar-refractivity contribution in [2.45, 2.75) is 6.92 Å². The van der Waals surface area contributed by atoms with Crippen LogP contribution in [0.2, 0.25) is 5.02 Å². The van der Waals surface area contributed by atoms with Gasteiger partial charge in [-0.3, -0.25) is 4.79 Å². The lowest BCUT2D eigenvalue weighted by molar-refractivity contribution is 0.0955. The molecule has 0 radical (unpaired) electrons. The predicted molar refractivity (Wildman–Crippen MR) is 90.0 cm³/mol. The van der Waals surface area contributed by atoms with Crippen LogP contribution in [0.25, 0.3) is 5.52 Å². The molecule has 118 valence electrons. The van der Waals surface area contributed by atoms with E-state index in [9.17, 15) is 4.79 Å². The number of aryl methyl sites for hydroxylation is 1. The smallest absolute Gasteiger partial charge is 0.252 e. The van der Waals surface area contributed by atoms with Crippen LogP contribution in [-0.4, -0.2) is 33.6 Å². The predicted octanol–water partition coefficient (Wildman–Crippen LogP) is 2.53. The zero-order chi connectivity index (χ0) is 16.2. The number of hydrogen-bond acceptors (Lipinski definition) is 4. The standard InChI is InChI=1S/C16H16ClN5O/c1-11-10-14-15(19-8-9-22(14)21-11)18-6-7-20-16(23)12-4-2-3-5-13(12)17/h2-5,8-10H,6-7H2,1H3,(H,18,19)(H,20,23). The number of hydrogen-bond donors (Lipinski definition) is 2. The summed E-state index contributed by atoms with van der Waals surface area (Å²) >= 11 is 6.00. The fourth-order valence-corrected chi connectivity index (χ4v) is 2.50. The summed E-state index contributed by atoms with van der Waals surface area (Å²) < 4.78 is 1.77. The Hall–Kier alpha value is -2.60. The van der Waals surface area contributed by atoms with Crippen molar-refractivity contribution in [2.75, 3.05) is 18.4 Å². The zero-order valence-electron chi connectivity index (χ0n) is 12.6. The maximum Gasteiger partial charge on any atom is 0.252 e. The summed E-state index contributed by atoms with van der Waals surface area (Å²) in [7, 11) is 0. The van der Waals surface area contributed by atoms with Gasteiger partial charge in [0.2, 0.25) is 0 Å². The van der Waals surface area contributed by atoms with Gasteiger partial charge in [0.1, 0.15) is 5.52 Å². The highest BCUT2D eigenvalue weighted by molar-refractivity contribution is 6.33. The molecule has 3 rings (SSSR count). The van der Waals surface area contributed by atoms with E-state index in [1.807, 2.05) is 13.0 Å². The lowest BCUT2D eigenvalue weighted by Crippen LogP contribution is -2.29. The molecule has 0 fully saturated rings. The second kappa shape index (κ2) is 6.66. The Morgan fingerprint density at radius 3 is 2.96 bits per heavy atom. The third kappa shape index (κ3) is 3.43. The van der Waals surface area contributed by atoms with Crippen LogP contribution in [0.4, 0.5) is 5.82 Å². The second-order valence-electron chi connectivity index (χ2n) is 5.05. The van der Waals surface area contributed by atoms with Crippen LogP contribution < -0.4 is 10.6 Å². The van der Waals surface area contributed by atoms with E-state index >= 15 is 0 Å². The molecule has 2 heterocycles. The summed E-state index contributed by atoms with van der Waals surface area (Å²) in [6.07, 6.45) is 3.48. The third-order valence-corrected chi connectivity index (χ3v) is 3.66. The molecule has 0 aliphatic carbocycles. The molecule has 3 aromatic rings. The van der Waals surface area contributed by atoms with Crippen LogP contribution in [0.1, 0.15) is 16.1 Å². The number of rotatable bonds is 5. The van der Waals surface area contributed by atoms with Gasteiger partial charge in [-0.15, -0.1) is 0 Å². The molecule has 1 amide bonds. The highest BCUT2D eigenvalue weighted by Gasteiger charge is 2.09. The van der Waals surface area contributed by atoms with Gasteiger partial charge in [0, 0.05) is 25.5 Å². The first-order chi connectivity index (χ1) is 11.1. The van der Waals surface area contributed by atoms with E-state index in [0.717, 1.165) is 17.0 Å². The van der Waals surface area contributed by atoms with Gasteiger partial charge in [-0.1, -0.05) is 23.7 Å². The van der Waals surface area contributed by atoms with E-state index in [2.05, 4.69) is 20.7 Å². The van der Waals surface area contributed by atoms with Crippen molar-refractivity contribution in [2.24, 2.45) is 0 Å². The molecule has 0 bridgehead atoms. The van der Waals surface area contributed by atoms with Gasteiger partial charge < -0.3 is 10.6 Å². The van der Waals surface area contributed by atoms with E-state index in [-0.39, 0.29) is 5.91 Å². The van der Waals surface area contributed by atoms with Gasteiger partial charge in [-0.2, -0.15) is 5.10 Å². The fraction of sp³-hybridized carbons (Fsp3) is 0.188. The van der Waals surface area contributed by atoms with Gasteiger partial charge >= 0.3 is 0 Å². The number of nitrogens with one attached hydrogen (secondary N) is 2. The number of benzene rings is 1. The van der Waals surface area contributed by atoms with Gasteiger partial charge in [0.25, 0.3) is 5.91 Å². The third-order valence-electron chi connectivity index (χ3n) is 3.33. The average molecular weight is 330 g/mol. The Balaban J connectivity index is 1.57. The van der Waals surface area contributed by atoms with Gasteiger partial charge in [0.15, 0.2) is 5.82 Å². The molecule has 6 nitrogen and oxygen atoms in total. The summed E-state index contributed by atoms with van der Waals surface area (Å²) in [4.78, 5) is 16.3. The quantitative estimate of drug-likeness (QED) is 0.706. The van der Waals surface area contributed by atoms with Crippen molar-refractivity contribution in [3.05, 3.63) is 59.0 Å². The number of aromatic nitrogens is 3. The first-order valence-corrected chi connectivity index (χ1v) is 7.60. The molecule has 0 aliphatic heterocycles. The largest absolute Gasteiger partial charge is 0.367 e. The van der Waals surface area contributed by atoms with Gasteiger partial charge in [-0.05, 0) is 25.1 Å². The monoisotopic (exact) mass is 329 g/mol. The van der Waals surface area contributed by atoms with Crippen molar-refractivity contribution in [3.63, 3.8) is 0 Å². The number of nitrogens with zero attached hydrogens (tertiary/aromatic N) is 3. The summed E-state index contributed by atoms with van der Waals surface area (Å²) in [5, 5.41) is 10.8. The molecule has 1 aromatic carbocycles. The minimum atomic E-state index is -0.191. The van der Waals surface area contributed by atoms with Crippen molar-refractivity contribution in [3.8, 4) is 0 Å². The number of anilines is 1. The minimum absolute atomic E-state index is 0.191. The Kier molecular flexibility index (Phi) is 4.43. The summed E-state index contributed by atoms with van der Waals surface area (Å²) in [5.74, 6) is 0.545. The van der Waals surface area contributed by atoms with Crippen molar-refractivity contribution < 1.29 is 4.79 Å². The van der Waals surface area contributed by atoms with Crippen LogP contribution in [0, 0.1) is 6.92 Å². The molecule has 0 aliphatic rings. The number of halogens is 1. The Morgan fingerprint density at radius 2 is 2.13 bits per heavy atom. The van der Waals surface area contributed by atoms with E-state index < -0.39 is 0 Å². The van der Waals surface area contributed by atoms with Crippen LogP contribution in [0.3, 0.4) is 0 Å². The normalized spacial score (nSPS) is 10.7. The van der Waals surface area contributed by atoms with E-state index in [0.29, 0.717) is 23.7 Å². The maximum atomic E-state index is 12.0. The number of amides is 1. The topological polar surface area (TPSA) is 71.3 Å². The number of fused-ring (bicyclic) bond motifs is 1. The molecule has 23 heavy (non-hydrogen) atoms. The van der Waals surface area contributed by atoms with Gasteiger partial charge in [0.05, 0.1) is 16.3 Å². The van der Waals surface area contributed by atoms with E-state index in [4.69, 9.17) is 11.6 Å². The molecule has 2 N–H and O–H groups in total. The first-order valence-electron chi connectivity index (χ1n) is 7.23. The number of carbonyl (C=O) groups excluding carboxylic acids is 1. The zero-order valence-corrected chi connectivity index (χ0v) is 13.3. The van der Waals surface area contributed by atoms with Crippen molar-refractivity contribution in [1.29, 1.82) is 0 Å². The average Bonchev–Trinajstić information content (AvgIpc) is 2.92. The van der Waals surface area contributed by atoms with Crippen molar-refractivity contribution in [1.82, 2.24) is 19.9 Å². The van der Waals surface area contributed by atoms with E-state index in [1.165, 1.54) is 0 Å². The Morgan fingerprint density at radius 1 is 1.30 bits per heavy atom. The SMILES string of the molecule is Cc1cc2c(NCCNC(=O)c3ccccc3Cl)nccn2n1. The summed E-state index contributed by atoms with van der Waals surface area (Å²) in [6, 6.07) is 8.92. The lowest BCUT2D eigenvalue weighted by atomic mass is 10.2. The first kappa shape index (κ1) is 15.3. The molecule has 2 aromatic heterocycles. The highest BCUT2D eigenvalue weighted by atomic mass is 35.5.